The Kier molecular flexibility index (Phi) is 2.72. The van der Waals surface area contributed by atoms with E-state index in [1.54, 1.807) is 18.5 Å². The van der Waals surface area contributed by atoms with Crippen LogP contribution in [0.5, 0.6) is 0 Å². The first-order valence-electron chi connectivity index (χ1n) is 6.93. The number of H-pyrrole nitrogens is 2. The zero-order valence-electron chi connectivity index (χ0n) is 11.4. The number of nitriles is 1. The SMILES string of the molecule is N#Cc1[nH]nc2nc([C@@H]3CC[C@@H]3c3ncccn3)[nH]c(=O)c12. The number of nitrogens with zero attached hydrogens (tertiary/aromatic N) is 5. The van der Waals surface area contributed by atoms with Crippen molar-refractivity contribution in [2.45, 2.75) is 24.7 Å². The van der Waals surface area contributed by atoms with Crippen molar-refractivity contribution in [3.05, 3.63) is 46.2 Å². The lowest BCUT2D eigenvalue weighted by molar-refractivity contribution is 0.319. The van der Waals surface area contributed by atoms with Crippen LogP contribution in [-0.2, 0) is 0 Å². The maximum atomic E-state index is 12.2. The van der Waals surface area contributed by atoms with Gasteiger partial charge in [0.05, 0.1) is 0 Å². The molecule has 3 aromatic heterocycles. The lowest BCUT2D eigenvalue weighted by Crippen LogP contribution is -2.27. The molecular weight excluding hydrogens is 282 g/mol. The summed E-state index contributed by atoms with van der Waals surface area (Å²) in [6.07, 6.45) is 5.29. The van der Waals surface area contributed by atoms with Gasteiger partial charge >= 0.3 is 0 Å². The van der Waals surface area contributed by atoms with Gasteiger partial charge < -0.3 is 4.98 Å². The van der Waals surface area contributed by atoms with Crippen LogP contribution in [0.2, 0.25) is 0 Å². The van der Waals surface area contributed by atoms with E-state index in [9.17, 15) is 4.79 Å². The van der Waals surface area contributed by atoms with E-state index in [-0.39, 0.29) is 34.1 Å². The van der Waals surface area contributed by atoms with Gasteiger partial charge in [-0.3, -0.25) is 9.89 Å². The van der Waals surface area contributed by atoms with Gasteiger partial charge in [-0.05, 0) is 18.9 Å². The Hall–Kier alpha value is -3.08. The van der Waals surface area contributed by atoms with Gasteiger partial charge in [0.25, 0.3) is 5.56 Å². The Balaban J connectivity index is 1.76. The summed E-state index contributed by atoms with van der Waals surface area (Å²) in [6, 6.07) is 3.68. The topological polar surface area (TPSA) is 124 Å². The van der Waals surface area contributed by atoms with Crippen LogP contribution in [0.4, 0.5) is 0 Å². The third kappa shape index (κ3) is 1.79. The number of rotatable bonds is 2. The Morgan fingerprint density at radius 2 is 2.00 bits per heavy atom. The molecule has 4 rings (SSSR count). The predicted molar refractivity (Wildman–Crippen MR) is 76.0 cm³/mol. The summed E-state index contributed by atoms with van der Waals surface area (Å²) in [6.45, 7) is 0. The van der Waals surface area contributed by atoms with Crippen LogP contribution < -0.4 is 5.56 Å². The van der Waals surface area contributed by atoms with Crippen LogP contribution in [0.15, 0.2) is 23.3 Å². The molecule has 2 atom stereocenters. The molecule has 0 amide bonds. The predicted octanol–water partition coefficient (Wildman–Crippen LogP) is 0.969. The maximum absolute atomic E-state index is 12.2. The van der Waals surface area contributed by atoms with Gasteiger partial charge in [0.2, 0.25) is 0 Å². The van der Waals surface area contributed by atoms with Crippen LogP contribution in [0.25, 0.3) is 11.0 Å². The van der Waals surface area contributed by atoms with E-state index in [2.05, 4.69) is 30.1 Å². The van der Waals surface area contributed by atoms with E-state index in [1.807, 2.05) is 6.07 Å². The van der Waals surface area contributed by atoms with Gasteiger partial charge in [0, 0.05) is 24.2 Å². The smallest absolute Gasteiger partial charge is 0.263 e. The summed E-state index contributed by atoms with van der Waals surface area (Å²) < 4.78 is 0. The lowest BCUT2D eigenvalue weighted by atomic mass is 9.72. The third-order valence-electron chi connectivity index (χ3n) is 4.10. The molecule has 2 N–H and O–H groups in total. The Morgan fingerprint density at radius 1 is 1.23 bits per heavy atom. The van der Waals surface area contributed by atoms with Crippen molar-refractivity contribution in [3.8, 4) is 6.07 Å². The molecule has 0 aromatic carbocycles. The molecule has 1 saturated carbocycles. The van der Waals surface area contributed by atoms with E-state index in [0.29, 0.717) is 5.82 Å². The number of aromatic nitrogens is 6. The maximum Gasteiger partial charge on any atom is 0.263 e. The summed E-state index contributed by atoms with van der Waals surface area (Å²) >= 11 is 0. The van der Waals surface area contributed by atoms with E-state index in [0.717, 1.165) is 18.7 Å². The molecule has 0 spiro atoms. The summed E-state index contributed by atoms with van der Waals surface area (Å²) in [7, 11) is 0. The number of aromatic amines is 2. The van der Waals surface area contributed by atoms with Crippen molar-refractivity contribution in [1.29, 1.82) is 5.26 Å². The normalized spacial score (nSPS) is 20.5. The number of nitrogens with one attached hydrogen (secondary N) is 2. The third-order valence-corrected chi connectivity index (χ3v) is 4.10. The molecule has 3 aromatic rings. The van der Waals surface area contributed by atoms with Gasteiger partial charge in [-0.25, -0.2) is 15.0 Å². The molecule has 0 bridgehead atoms. The summed E-state index contributed by atoms with van der Waals surface area (Å²) in [5.74, 6) is 1.57. The standard InChI is InChI=1S/C14H11N7O/c15-6-9-10-13(21-20-9)18-12(19-14(10)22)8-3-2-7(8)11-16-4-1-5-17-11/h1,4-5,7-8H,2-3H2,(H2,18,19,20,21,22)/t7-,8+/m0/s1. The van der Waals surface area contributed by atoms with E-state index in [4.69, 9.17) is 5.26 Å². The van der Waals surface area contributed by atoms with Crippen LogP contribution in [0.1, 0.15) is 42.0 Å². The fourth-order valence-electron chi connectivity index (χ4n) is 2.84. The van der Waals surface area contributed by atoms with Crippen LogP contribution >= 0.6 is 0 Å². The summed E-state index contributed by atoms with van der Waals surface area (Å²) in [5.41, 5.74) is 0.0618. The second-order valence-electron chi connectivity index (χ2n) is 5.26. The van der Waals surface area contributed by atoms with Gasteiger partial charge in [-0.15, -0.1) is 0 Å². The van der Waals surface area contributed by atoms with Gasteiger partial charge in [0.1, 0.15) is 23.1 Å². The molecule has 1 aliphatic carbocycles. The molecule has 1 aliphatic rings. The Bertz CT molecular complexity index is 937. The van der Waals surface area contributed by atoms with Crippen LogP contribution in [-0.4, -0.2) is 30.1 Å². The minimum absolute atomic E-state index is 0.0711. The summed E-state index contributed by atoms with van der Waals surface area (Å²) in [5, 5.41) is 15.6. The molecule has 3 heterocycles. The first-order chi connectivity index (χ1) is 10.8. The van der Waals surface area contributed by atoms with E-state index >= 15 is 0 Å². The highest BCUT2D eigenvalue weighted by Crippen LogP contribution is 2.46. The first-order valence-corrected chi connectivity index (χ1v) is 6.93. The molecular formula is C14H11N7O. The Labute approximate surface area is 124 Å². The average Bonchev–Trinajstić information content (AvgIpc) is 2.91. The molecule has 22 heavy (non-hydrogen) atoms. The van der Waals surface area contributed by atoms with Crippen LogP contribution in [0.3, 0.4) is 0 Å². The molecule has 8 nitrogen and oxygen atoms in total. The van der Waals surface area contributed by atoms with Crippen LogP contribution in [0, 0.1) is 11.3 Å². The minimum Gasteiger partial charge on any atom is -0.310 e. The van der Waals surface area contributed by atoms with E-state index < -0.39 is 0 Å². The minimum atomic E-state index is -0.343. The highest BCUT2D eigenvalue weighted by molar-refractivity contribution is 5.79. The first kappa shape index (κ1) is 12.6. The molecule has 0 saturated heterocycles. The molecule has 8 heteroatoms. The van der Waals surface area contributed by atoms with Crippen molar-refractivity contribution in [2.24, 2.45) is 0 Å². The van der Waals surface area contributed by atoms with Gasteiger partial charge in [-0.1, -0.05) is 0 Å². The number of hydrogen-bond acceptors (Lipinski definition) is 6. The molecule has 0 unspecified atom stereocenters. The van der Waals surface area contributed by atoms with Gasteiger partial charge in [0.15, 0.2) is 11.3 Å². The molecule has 1 fully saturated rings. The monoisotopic (exact) mass is 293 g/mol. The average molecular weight is 293 g/mol. The highest BCUT2D eigenvalue weighted by Gasteiger charge is 2.37. The zero-order chi connectivity index (χ0) is 15.1. The number of fused-ring (bicyclic) bond motifs is 1. The van der Waals surface area contributed by atoms with Gasteiger partial charge in [-0.2, -0.15) is 10.4 Å². The lowest BCUT2D eigenvalue weighted by Gasteiger charge is -2.34. The fourth-order valence-corrected chi connectivity index (χ4v) is 2.84. The van der Waals surface area contributed by atoms with E-state index in [1.165, 1.54) is 0 Å². The molecule has 108 valence electrons. The molecule has 0 aliphatic heterocycles. The van der Waals surface area contributed by atoms with Crippen molar-refractivity contribution >= 4 is 11.0 Å². The van der Waals surface area contributed by atoms with Crippen molar-refractivity contribution in [2.75, 3.05) is 0 Å². The highest BCUT2D eigenvalue weighted by atomic mass is 16.1. The van der Waals surface area contributed by atoms with Crippen molar-refractivity contribution < 1.29 is 0 Å². The quantitative estimate of drug-likeness (QED) is 0.725. The van der Waals surface area contributed by atoms with Crippen molar-refractivity contribution in [1.82, 2.24) is 30.1 Å². The summed E-state index contributed by atoms with van der Waals surface area (Å²) in [4.78, 5) is 27.9. The second-order valence-corrected chi connectivity index (χ2v) is 5.26. The second kappa shape index (κ2) is 4.73. The van der Waals surface area contributed by atoms with Crippen molar-refractivity contribution in [3.63, 3.8) is 0 Å². The fraction of sp³-hybridized carbons (Fsp3) is 0.286. The zero-order valence-corrected chi connectivity index (χ0v) is 11.4. The number of hydrogen-bond donors (Lipinski definition) is 2. The Morgan fingerprint density at radius 3 is 2.68 bits per heavy atom. The molecule has 0 radical (unpaired) electrons. The largest absolute Gasteiger partial charge is 0.310 e.